The molecule has 0 aliphatic heterocycles. The van der Waals surface area contributed by atoms with E-state index in [9.17, 15) is 13.2 Å². The molecule has 0 fully saturated rings. The summed E-state index contributed by atoms with van der Waals surface area (Å²) in [6.45, 7) is 0. The number of benzene rings is 1. The number of halogens is 3. The van der Waals surface area contributed by atoms with Gasteiger partial charge in [-0.3, -0.25) is 4.98 Å². The minimum atomic E-state index is -1.50. The average Bonchev–Trinajstić information content (AvgIpc) is 2.36. The highest BCUT2D eigenvalue weighted by molar-refractivity contribution is 5.57. The van der Waals surface area contributed by atoms with Crippen molar-refractivity contribution in [3.8, 4) is 0 Å². The van der Waals surface area contributed by atoms with Crippen molar-refractivity contribution >= 4 is 17.3 Å². The molecule has 94 valence electrons. The fraction of sp³-hybridized carbons (Fsp3) is 0.0909. The quantitative estimate of drug-likeness (QED) is 0.827. The van der Waals surface area contributed by atoms with E-state index in [0.717, 1.165) is 12.1 Å². The van der Waals surface area contributed by atoms with E-state index in [2.05, 4.69) is 20.6 Å². The van der Waals surface area contributed by atoms with Crippen LogP contribution in [-0.4, -0.2) is 17.0 Å². The van der Waals surface area contributed by atoms with Gasteiger partial charge in [-0.25, -0.2) is 18.2 Å². The molecule has 0 unspecified atom stereocenters. The third kappa shape index (κ3) is 2.50. The van der Waals surface area contributed by atoms with Gasteiger partial charge in [-0.05, 0) is 0 Å². The zero-order valence-corrected chi connectivity index (χ0v) is 9.34. The Morgan fingerprint density at radius 1 is 1.00 bits per heavy atom. The zero-order valence-electron chi connectivity index (χ0n) is 9.34. The van der Waals surface area contributed by atoms with Gasteiger partial charge in [-0.15, -0.1) is 0 Å². The first-order chi connectivity index (χ1) is 8.60. The highest BCUT2D eigenvalue weighted by atomic mass is 19.2. The number of nitrogens with one attached hydrogen (secondary N) is 2. The van der Waals surface area contributed by atoms with Crippen LogP contribution in [0.25, 0.3) is 0 Å². The monoisotopic (exact) mass is 254 g/mol. The molecule has 0 aliphatic carbocycles. The van der Waals surface area contributed by atoms with Gasteiger partial charge in [0.15, 0.2) is 23.3 Å². The van der Waals surface area contributed by atoms with Crippen LogP contribution in [0.4, 0.5) is 30.5 Å². The zero-order chi connectivity index (χ0) is 13.1. The molecule has 0 saturated carbocycles. The van der Waals surface area contributed by atoms with E-state index in [1.807, 2.05) is 0 Å². The van der Waals surface area contributed by atoms with Gasteiger partial charge in [0.05, 0.1) is 12.4 Å². The highest BCUT2D eigenvalue weighted by Crippen LogP contribution is 2.20. The SMILES string of the molecule is CNc1cncc(Nc2cc(F)c(F)c(F)c2)n1. The summed E-state index contributed by atoms with van der Waals surface area (Å²) in [5.41, 5.74) is 0.0500. The Bertz CT molecular complexity index is 551. The summed E-state index contributed by atoms with van der Waals surface area (Å²) in [7, 11) is 1.66. The molecule has 0 radical (unpaired) electrons. The Labute approximate surface area is 101 Å². The van der Waals surface area contributed by atoms with Gasteiger partial charge >= 0.3 is 0 Å². The van der Waals surface area contributed by atoms with Gasteiger partial charge in [0.1, 0.15) is 5.82 Å². The lowest BCUT2D eigenvalue weighted by Crippen LogP contribution is -2.00. The molecule has 1 heterocycles. The largest absolute Gasteiger partial charge is 0.372 e. The van der Waals surface area contributed by atoms with E-state index in [1.54, 1.807) is 7.05 Å². The standard InChI is InChI=1S/C11H9F3N4/c1-15-9-4-16-5-10(18-9)17-6-2-7(12)11(14)8(13)3-6/h2-5H,1H3,(H2,15,17,18). The Kier molecular flexibility index (Phi) is 3.31. The molecule has 18 heavy (non-hydrogen) atoms. The maximum Gasteiger partial charge on any atom is 0.194 e. The van der Waals surface area contributed by atoms with Crippen LogP contribution in [0, 0.1) is 17.5 Å². The van der Waals surface area contributed by atoms with Crippen molar-refractivity contribution in [3.05, 3.63) is 42.0 Å². The van der Waals surface area contributed by atoms with Gasteiger partial charge in [0.25, 0.3) is 0 Å². The third-order valence-electron chi connectivity index (χ3n) is 2.15. The minimum Gasteiger partial charge on any atom is -0.372 e. The van der Waals surface area contributed by atoms with Crippen molar-refractivity contribution in [1.82, 2.24) is 9.97 Å². The number of nitrogens with zero attached hydrogens (tertiary/aromatic N) is 2. The molecular formula is C11H9F3N4. The summed E-state index contributed by atoms with van der Waals surface area (Å²) in [6, 6.07) is 1.68. The van der Waals surface area contributed by atoms with E-state index < -0.39 is 17.5 Å². The van der Waals surface area contributed by atoms with Gasteiger partial charge in [0, 0.05) is 24.9 Å². The summed E-state index contributed by atoms with van der Waals surface area (Å²) in [5, 5.41) is 5.39. The molecule has 0 saturated heterocycles. The van der Waals surface area contributed by atoms with Crippen LogP contribution in [0.5, 0.6) is 0 Å². The first-order valence-electron chi connectivity index (χ1n) is 5.01. The van der Waals surface area contributed by atoms with Crippen molar-refractivity contribution in [2.45, 2.75) is 0 Å². The Hall–Kier alpha value is -2.31. The number of aromatic nitrogens is 2. The lowest BCUT2D eigenvalue weighted by molar-refractivity contribution is 0.448. The van der Waals surface area contributed by atoms with E-state index in [4.69, 9.17) is 0 Å². The van der Waals surface area contributed by atoms with E-state index in [0.29, 0.717) is 5.82 Å². The first-order valence-corrected chi connectivity index (χ1v) is 5.01. The molecule has 1 aromatic heterocycles. The van der Waals surface area contributed by atoms with Crippen molar-refractivity contribution in [1.29, 1.82) is 0 Å². The number of hydrogen-bond donors (Lipinski definition) is 2. The molecular weight excluding hydrogens is 245 g/mol. The fourth-order valence-corrected chi connectivity index (χ4v) is 1.32. The second-order valence-electron chi connectivity index (χ2n) is 3.42. The van der Waals surface area contributed by atoms with Crippen LogP contribution in [-0.2, 0) is 0 Å². The molecule has 7 heteroatoms. The number of hydrogen-bond acceptors (Lipinski definition) is 4. The van der Waals surface area contributed by atoms with Crippen LogP contribution < -0.4 is 10.6 Å². The second kappa shape index (κ2) is 4.91. The van der Waals surface area contributed by atoms with Crippen LogP contribution in [0.2, 0.25) is 0 Å². The molecule has 2 aromatic rings. The molecule has 0 atom stereocenters. The van der Waals surface area contributed by atoms with Crippen molar-refractivity contribution in [2.75, 3.05) is 17.7 Å². The Balaban J connectivity index is 2.28. The summed E-state index contributed by atoms with van der Waals surface area (Å²) in [5.74, 6) is -3.27. The van der Waals surface area contributed by atoms with Gasteiger partial charge < -0.3 is 10.6 Å². The maximum atomic E-state index is 13.0. The Morgan fingerprint density at radius 2 is 1.61 bits per heavy atom. The normalized spacial score (nSPS) is 10.2. The predicted octanol–water partition coefficient (Wildman–Crippen LogP) is 2.68. The minimum absolute atomic E-state index is 0.0500. The molecule has 4 nitrogen and oxygen atoms in total. The fourth-order valence-electron chi connectivity index (χ4n) is 1.32. The topological polar surface area (TPSA) is 49.8 Å². The predicted molar refractivity (Wildman–Crippen MR) is 61.2 cm³/mol. The lowest BCUT2D eigenvalue weighted by atomic mass is 10.3. The molecule has 0 aliphatic rings. The van der Waals surface area contributed by atoms with Crippen LogP contribution in [0.1, 0.15) is 0 Å². The smallest absolute Gasteiger partial charge is 0.194 e. The second-order valence-corrected chi connectivity index (χ2v) is 3.42. The number of anilines is 3. The van der Waals surface area contributed by atoms with Gasteiger partial charge in [-0.2, -0.15) is 0 Å². The maximum absolute atomic E-state index is 13.0. The molecule has 0 bridgehead atoms. The molecule has 2 N–H and O–H groups in total. The molecule has 2 rings (SSSR count). The van der Waals surface area contributed by atoms with Crippen LogP contribution >= 0.6 is 0 Å². The van der Waals surface area contributed by atoms with Crippen molar-refractivity contribution in [2.24, 2.45) is 0 Å². The van der Waals surface area contributed by atoms with Gasteiger partial charge in [-0.1, -0.05) is 0 Å². The van der Waals surface area contributed by atoms with E-state index in [1.165, 1.54) is 12.4 Å². The third-order valence-corrected chi connectivity index (χ3v) is 2.15. The molecule has 1 aromatic carbocycles. The average molecular weight is 254 g/mol. The van der Waals surface area contributed by atoms with E-state index >= 15 is 0 Å². The van der Waals surface area contributed by atoms with E-state index in [-0.39, 0.29) is 11.5 Å². The lowest BCUT2D eigenvalue weighted by Gasteiger charge is -2.07. The molecule has 0 spiro atoms. The summed E-state index contributed by atoms with van der Waals surface area (Å²) < 4.78 is 38.7. The van der Waals surface area contributed by atoms with Crippen molar-refractivity contribution < 1.29 is 13.2 Å². The first kappa shape index (κ1) is 12.2. The van der Waals surface area contributed by atoms with Crippen LogP contribution in [0.3, 0.4) is 0 Å². The summed E-state index contributed by atoms with van der Waals surface area (Å²) in [6.07, 6.45) is 2.86. The highest BCUT2D eigenvalue weighted by Gasteiger charge is 2.10. The summed E-state index contributed by atoms with van der Waals surface area (Å²) >= 11 is 0. The van der Waals surface area contributed by atoms with Crippen molar-refractivity contribution in [3.63, 3.8) is 0 Å². The number of rotatable bonds is 3. The van der Waals surface area contributed by atoms with Gasteiger partial charge in [0.2, 0.25) is 0 Å². The Morgan fingerprint density at radius 3 is 2.22 bits per heavy atom. The summed E-state index contributed by atoms with van der Waals surface area (Å²) in [4.78, 5) is 7.91. The van der Waals surface area contributed by atoms with Crippen LogP contribution in [0.15, 0.2) is 24.5 Å². The molecule has 0 amide bonds.